The highest BCUT2D eigenvalue weighted by Crippen LogP contribution is 2.16. The van der Waals surface area contributed by atoms with Crippen molar-refractivity contribution in [2.24, 2.45) is 4.99 Å². The molecule has 2 N–H and O–H groups in total. The second kappa shape index (κ2) is 10.0. The molecule has 1 aliphatic heterocycles. The lowest BCUT2D eigenvalue weighted by atomic mass is 10.1. The van der Waals surface area contributed by atoms with Gasteiger partial charge in [-0.25, -0.2) is 0 Å². The second-order valence-electron chi connectivity index (χ2n) is 7.57. The summed E-state index contributed by atoms with van der Waals surface area (Å²) in [6, 6.07) is 11.0. The first-order chi connectivity index (χ1) is 13.5. The summed E-state index contributed by atoms with van der Waals surface area (Å²) in [5, 5.41) is 8.91. The van der Waals surface area contributed by atoms with Crippen LogP contribution in [0.2, 0.25) is 0 Å². The van der Waals surface area contributed by atoms with Crippen LogP contribution in [0.1, 0.15) is 35.4 Å². The first-order valence-corrected chi connectivity index (χ1v) is 10.8. The maximum Gasteiger partial charge on any atom is 0.191 e. The molecule has 2 unspecified atom stereocenters. The molecule has 0 aliphatic carbocycles. The highest BCUT2D eigenvalue weighted by Gasteiger charge is 2.21. The molecule has 2 atom stereocenters. The molecule has 0 saturated carbocycles. The quantitative estimate of drug-likeness (QED) is 0.575. The molecule has 0 bridgehead atoms. The van der Waals surface area contributed by atoms with Gasteiger partial charge < -0.3 is 15.4 Å². The zero-order valence-electron chi connectivity index (χ0n) is 17.4. The van der Waals surface area contributed by atoms with E-state index in [0.717, 1.165) is 38.7 Å². The van der Waals surface area contributed by atoms with Crippen molar-refractivity contribution in [3.8, 4) is 0 Å². The van der Waals surface area contributed by atoms with Crippen molar-refractivity contribution >= 4 is 17.3 Å². The van der Waals surface area contributed by atoms with Gasteiger partial charge in [0.1, 0.15) is 0 Å². The van der Waals surface area contributed by atoms with Crippen molar-refractivity contribution in [1.82, 2.24) is 15.5 Å². The average Bonchev–Trinajstić information content (AvgIpc) is 3.07. The summed E-state index contributed by atoms with van der Waals surface area (Å²) in [7, 11) is 1.81. The standard InChI is InChI=1S/C22H32N4OS/c1-16-9-10-28-21(16)12-25-22(23-4)24-11-19-5-7-20(8-6-19)15-26-13-17(2)27-18(3)14-26/h5-10,17-18H,11-15H2,1-4H3,(H2,23,24,25). The molecule has 6 heteroatoms. The predicted octanol–water partition coefficient (Wildman–Crippen LogP) is 3.53. The number of hydrogen-bond donors (Lipinski definition) is 2. The number of nitrogens with zero attached hydrogens (tertiary/aromatic N) is 2. The molecule has 1 saturated heterocycles. The first-order valence-electron chi connectivity index (χ1n) is 9.96. The van der Waals surface area contributed by atoms with Gasteiger partial charge in [0.15, 0.2) is 5.96 Å². The lowest BCUT2D eigenvalue weighted by molar-refractivity contribution is -0.0704. The SMILES string of the molecule is CN=C(NCc1ccc(CN2CC(C)OC(C)C2)cc1)NCc1sccc1C. The third-order valence-electron chi connectivity index (χ3n) is 4.99. The van der Waals surface area contributed by atoms with E-state index in [1.165, 1.54) is 21.6 Å². The smallest absolute Gasteiger partial charge is 0.191 e. The number of aliphatic imine (C=N–C) groups is 1. The summed E-state index contributed by atoms with van der Waals surface area (Å²) < 4.78 is 5.82. The molecular weight excluding hydrogens is 368 g/mol. The monoisotopic (exact) mass is 400 g/mol. The number of guanidine groups is 1. The third-order valence-corrected chi connectivity index (χ3v) is 6.02. The average molecular weight is 401 g/mol. The van der Waals surface area contributed by atoms with Crippen LogP contribution in [0.25, 0.3) is 0 Å². The largest absolute Gasteiger partial charge is 0.373 e. The van der Waals surface area contributed by atoms with E-state index >= 15 is 0 Å². The van der Waals surface area contributed by atoms with Crippen LogP contribution in [0.15, 0.2) is 40.7 Å². The number of ether oxygens (including phenoxy) is 1. The Bertz CT molecular complexity index is 761. The van der Waals surface area contributed by atoms with Gasteiger partial charge >= 0.3 is 0 Å². The van der Waals surface area contributed by atoms with Gasteiger partial charge in [-0.3, -0.25) is 9.89 Å². The molecule has 0 radical (unpaired) electrons. The van der Waals surface area contributed by atoms with Gasteiger partial charge in [-0.15, -0.1) is 11.3 Å². The Morgan fingerprint density at radius 1 is 1.07 bits per heavy atom. The van der Waals surface area contributed by atoms with Gasteiger partial charge in [-0.1, -0.05) is 24.3 Å². The van der Waals surface area contributed by atoms with Crippen molar-refractivity contribution in [2.75, 3.05) is 20.1 Å². The van der Waals surface area contributed by atoms with Crippen molar-refractivity contribution in [3.63, 3.8) is 0 Å². The van der Waals surface area contributed by atoms with Crippen molar-refractivity contribution < 1.29 is 4.74 Å². The first kappa shape index (κ1) is 20.8. The van der Waals surface area contributed by atoms with Crippen LogP contribution in [-0.4, -0.2) is 43.2 Å². The van der Waals surface area contributed by atoms with Gasteiger partial charge in [0.25, 0.3) is 0 Å². The van der Waals surface area contributed by atoms with Crippen LogP contribution in [0, 0.1) is 6.92 Å². The maximum atomic E-state index is 5.82. The summed E-state index contributed by atoms with van der Waals surface area (Å²) in [4.78, 5) is 8.14. The molecular formula is C22H32N4OS. The van der Waals surface area contributed by atoms with E-state index in [0.29, 0.717) is 12.2 Å². The van der Waals surface area contributed by atoms with Gasteiger partial charge in [0.2, 0.25) is 0 Å². The fourth-order valence-electron chi connectivity index (χ4n) is 3.59. The van der Waals surface area contributed by atoms with E-state index in [1.807, 2.05) is 7.05 Å². The Kier molecular flexibility index (Phi) is 7.48. The summed E-state index contributed by atoms with van der Waals surface area (Å²) in [5.74, 6) is 0.827. The van der Waals surface area contributed by atoms with Crippen LogP contribution in [0.5, 0.6) is 0 Å². The van der Waals surface area contributed by atoms with Crippen LogP contribution in [0.4, 0.5) is 0 Å². The molecule has 28 heavy (non-hydrogen) atoms. The molecule has 2 heterocycles. The Balaban J connectivity index is 1.46. The Hall–Kier alpha value is -1.89. The summed E-state index contributed by atoms with van der Waals surface area (Å²) in [6.07, 6.45) is 0.619. The Labute approximate surface area is 172 Å². The van der Waals surface area contributed by atoms with Crippen LogP contribution >= 0.6 is 11.3 Å². The van der Waals surface area contributed by atoms with Crippen molar-refractivity contribution in [2.45, 2.75) is 52.6 Å². The minimum Gasteiger partial charge on any atom is -0.373 e. The molecule has 1 aromatic carbocycles. The molecule has 0 amide bonds. The molecule has 3 rings (SSSR count). The molecule has 0 spiro atoms. The molecule has 5 nitrogen and oxygen atoms in total. The number of hydrogen-bond acceptors (Lipinski definition) is 4. The van der Waals surface area contributed by atoms with Gasteiger partial charge in [-0.2, -0.15) is 0 Å². The zero-order chi connectivity index (χ0) is 19.9. The number of benzene rings is 1. The van der Waals surface area contributed by atoms with E-state index in [1.54, 1.807) is 11.3 Å². The Morgan fingerprint density at radius 2 is 1.71 bits per heavy atom. The minimum atomic E-state index is 0.310. The predicted molar refractivity (Wildman–Crippen MR) is 118 cm³/mol. The molecule has 1 aromatic heterocycles. The second-order valence-corrected chi connectivity index (χ2v) is 8.57. The minimum absolute atomic E-state index is 0.310. The van der Waals surface area contributed by atoms with Gasteiger partial charge in [0.05, 0.1) is 18.8 Å². The van der Waals surface area contributed by atoms with E-state index < -0.39 is 0 Å². The molecule has 1 fully saturated rings. The number of thiophene rings is 1. The topological polar surface area (TPSA) is 48.9 Å². The number of nitrogens with one attached hydrogen (secondary N) is 2. The third kappa shape index (κ3) is 6.06. The highest BCUT2D eigenvalue weighted by atomic mass is 32.1. The van der Waals surface area contributed by atoms with Crippen LogP contribution < -0.4 is 10.6 Å². The normalized spacial score (nSPS) is 20.9. The summed E-state index contributed by atoms with van der Waals surface area (Å²) in [5.41, 5.74) is 3.93. The van der Waals surface area contributed by atoms with E-state index in [9.17, 15) is 0 Å². The Morgan fingerprint density at radius 3 is 2.32 bits per heavy atom. The maximum absolute atomic E-state index is 5.82. The van der Waals surface area contributed by atoms with Crippen molar-refractivity contribution in [3.05, 3.63) is 57.3 Å². The summed E-state index contributed by atoms with van der Waals surface area (Å²) >= 11 is 1.78. The fraction of sp³-hybridized carbons (Fsp3) is 0.500. The highest BCUT2D eigenvalue weighted by molar-refractivity contribution is 7.10. The van der Waals surface area contributed by atoms with Crippen molar-refractivity contribution in [1.29, 1.82) is 0 Å². The lowest BCUT2D eigenvalue weighted by Crippen LogP contribution is -2.44. The number of aryl methyl sites for hydroxylation is 1. The van der Waals surface area contributed by atoms with E-state index in [-0.39, 0.29) is 0 Å². The van der Waals surface area contributed by atoms with Gasteiger partial charge in [-0.05, 0) is 48.9 Å². The number of rotatable bonds is 6. The molecule has 2 aromatic rings. The fourth-order valence-corrected chi connectivity index (χ4v) is 4.44. The van der Waals surface area contributed by atoms with E-state index in [2.05, 4.69) is 77.0 Å². The van der Waals surface area contributed by atoms with Gasteiger partial charge in [0, 0.05) is 38.1 Å². The molecule has 152 valence electrons. The zero-order valence-corrected chi connectivity index (χ0v) is 18.2. The number of morpholine rings is 1. The van der Waals surface area contributed by atoms with E-state index in [4.69, 9.17) is 4.74 Å². The lowest BCUT2D eigenvalue weighted by Gasteiger charge is -2.35. The summed E-state index contributed by atoms with van der Waals surface area (Å²) in [6.45, 7) is 11.0. The molecule has 1 aliphatic rings. The van der Waals surface area contributed by atoms with Crippen LogP contribution in [-0.2, 0) is 24.4 Å². The van der Waals surface area contributed by atoms with Crippen LogP contribution in [0.3, 0.4) is 0 Å².